The van der Waals surface area contributed by atoms with Crippen molar-refractivity contribution in [1.29, 1.82) is 0 Å². The SMILES string of the molecule is CCC(C)(NC(=O)C(NC(=O)OCC1c2ccccc2-c2ccccc21)C(C)C)C(=O)O. The molecule has 2 amide bonds. The van der Waals surface area contributed by atoms with Crippen LogP contribution < -0.4 is 10.6 Å². The second kappa shape index (κ2) is 9.42. The molecule has 3 N–H and O–H groups in total. The monoisotopic (exact) mass is 438 g/mol. The zero-order valence-corrected chi connectivity index (χ0v) is 18.8. The van der Waals surface area contributed by atoms with Gasteiger partial charge in [-0.2, -0.15) is 0 Å². The van der Waals surface area contributed by atoms with Crippen LogP contribution in [0.25, 0.3) is 11.1 Å². The molecule has 7 nitrogen and oxygen atoms in total. The number of hydrogen-bond donors (Lipinski definition) is 3. The maximum atomic E-state index is 12.7. The van der Waals surface area contributed by atoms with Crippen LogP contribution in [-0.2, 0) is 14.3 Å². The average Bonchev–Trinajstić information content (AvgIpc) is 3.09. The van der Waals surface area contributed by atoms with Crippen LogP contribution in [0.1, 0.15) is 51.2 Å². The summed E-state index contributed by atoms with van der Waals surface area (Å²) >= 11 is 0. The van der Waals surface area contributed by atoms with Crippen molar-refractivity contribution in [2.75, 3.05) is 6.61 Å². The smallest absolute Gasteiger partial charge is 0.407 e. The van der Waals surface area contributed by atoms with E-state index in [0.29, 0.717) is 0 Å². The number of aliphatic carboxylic acids is 1. The highest BCUT2D eigenvalue weighted by Crippen LogP contribution is 2.44. The third-order valence-electron chi connectivity index (χ3n) is 6.14. The van der Waals surface area contributed by atoms with Gasteiger partial charge in [0.25, 0.3) is 0 Å². The highest BCUT2D eigenvalue weighted by Gasteiger charge is 2.36. The number of carboxylic acids is 1. The number of benzene rings is 2. The van der Waals surface area contributed by atoms with Crippen LogP contribution in [0.4, 0.5) is 4.79 Å². The molecule has 2 aromatic carbocycles. The Morgan fingerprint density at radius 1 is 1.03 bits per heavy atom. The lowest BCUT2D eigenvalue weighted by Gasteiger charge is -2.29. The van der Waals surface area contributed by atoms with E-state index in [-0.39, 0.29) is 24.9 Å². The molecule has 2 aromatic rings. The molecule has 0 aliphatic heterocycles. The third-order valence-corrected chi connectivity index (χ3v) is 6.14. The van der Waals surface area contributed by atoms with E-state index in [0.717, 1.165) is 22.3 Å². The predicted molar refractivity (Wildman–Crippen MR) is 121 cm³/mol. The van der Waals surface area contributed by atoms with Crippen molar-refractivity contribution in [2.24, 2.45) is 5.92 Å². The van der Waals surface area contributed by atoms with Gasteiger partial charge < -0.3 is 20.5 Å². The van der Waals surface area contributed by atoms with Gasteiger partial charge in [0.05, 0.1) is 0 Å². The fourth-order valence-electron chi connectivity index (χ4n) is 3.94. The summed E-state index contributed by atoms with van der Waals surface area (Å²) in [5.41, 5.74) is 3.04. The van der Waals surface area contributed by atoms with Crippen LogP contribution in [0.2, 0.25) is 0 Å². The van der Waals surface area contributed by atoms with Gasteiger partial charge in [0.15, 0.2) is 0 Å². The van der Waals surface area contributed by atoms with Gasteiger partial charge >= 0.3 is 12.1 Å². The fourth-order valence-corrected chi connectivity index (χ4v) is 3.94. The Morgan fingerprint density at radius 3 is 2.03 bits per heavy atom. The number of fused-ring (bicyclic) bond motifs is 3. The number of hydrogen-bond acceptors (Lipinski definition) is 4. The average molecular weight is 439 g/mol. The molecule has 0 saturated carbocycles. The van der Waals surface area contributed by atoms with Crippen molar-refractivity contribution in [3.05, 3.63) is 59.7 Å². The Morgan fingerprint density at radius 2 is 1.56 bits per heavy atom. The Balaban J connectivity index is 1.68. The number of carboxylic acid groups (broad SMARTS) is 1. The lowest BCUT2D eigenvalue weighted by atomic mass is 9.96. The first-order chi connectivity index (χ1) is 15.2. The van der Waals surface area contributed by atoms with E-state index in [9.17, 15) is 19.5 Å². The van der Waals surface area contributed by atoms with Gasteiger partial charge in [-0.3, -0.25) is 4.79 Å². The molecule has 1 aliphatic carbocycles. The number of carbonyl (C=O) groups excluding carboxylic acids is 2. The minimum Gasteiger partial charge on any atom is -0.480 e. The van der Waals surface area contributed by atoms with Crippen molar-refractivity contribution in [1.82, 2.24) is 10.6 Å². The molecule has 0 heterocycles. The fraction of sp³-hybridized carbons (Fsp3) is 0.400. The van der Waals surface area contributed by atoms with Gasteiger partial charge in [0.1, 0.15) is 18.2 Å². The first-order valence-corrected chi connectivity index (χ1v) is 10.8. The normalized spacial score (nSPS) is 15.3. The summed E-state index contributed by atoms with van der Waals surface area (Å²) in [6.07, 6.45) is -0.502. The van der Waals surface area contributed by atoms with Crippen LogP contribution in [0, 0.1) is 5.92 Å². The van der Waals surface area contributed by atoms with Crippen molar-refractivity contribution in [3.8, 4) is 11.1 Å². The maximum absolute atomic E-state index is 12.7. The van der Waals surface area contributed by atoms with E-state index < -0.39 is 29.6 Å². The minimum atomic E-state index is -1.41. The minimum absolute atomic E-state index is 0.0881. The molecule has 2 atom stereocenters. The molecule has 3 rings (SSSR count). The number of nitrogens with one attached hydrogen (secondary N) is 2. The molecule has 0 bridgehead atoms. The summed E-state index contributed by atoms with van der Waals surface area (Å²) in [4.78, 5) is 36.9. The van der Waals surface area contributed by atoms with Crippen molar-refractivity contribution < 1.29 is 24.2 Å². The highest BCUT2D eigenvalue weighted by molar-refractivity contribution is 5.91. The first kappa shape index (κ1) is 23.3. The summed E-state index contributed by atoms with van der Waals surface area (Å²) in [7, 11) is 0. The van der Waals surface area contributed by atoms with Crippen LogP contribution in [-0.4, -0.2) is 41.3 Å². The molecule has 0 fully saturated rings. The van der Waals surface area contributed by atoms with Gasteiger partial charge in [-0.25, -0.2) is 9.59 Å². The van der Waals surface area contributed by atoms with E-state index in [1.165, 1.54) is 6.92 Å². The Hall–Kier alpha value is -3.35. The lowest BCUT2D eigenvalue weighted by molar-refractivity contribution is -0.147. The summed E-state index contributed by atoms with van der Waals surface area (Å²) in [6.45, 7) is 6.81. The summed E-state index contributed by atoms with van der Waals surface area (Å²) < 4.78 is 5.53. The molecule has 2 unspecified atom stereocenters. The van der Waals surface area contributed by atoms with Gasteiger partial charge in [0, 0.05) is 5.92 Å². The van der Waals surface area contributed by atoms with Crippen LogP contribution in [0.5, 0.6) is 0 Å². The molecule has 7 heteroatoms. The molecule has 32 heavy (non-hydrogen) atoms. The predicted octanol–water partition coefficient (Wildman–Crippen LogP) is 3.92. The zero-order valence-electron chi connectivity index (χ0n) is 18.8. The number of ether oxygens (including phenoxy) is 1. The molecule has 0 spiro atoms. The zero-order chi connectivity index (χ0) is 23.5. The van der Waals surface area contributed by atoms with Crippen molar-refractivity contribution in [2.45, 2.75) is 51.6 Å². The van der Waals surface area contributed by atoms with Crippen molar-refractivity contribution >= 4 is 18.0 Å². The number of amides is 2. The number of alkyl carbamates (subject to hydrolysis) is 1. The summed E-state index contributed by atoms with van der Waals surface area (Å²) in [6, 6.07) is 15.1. The van der Waals surface area contributed by atoms with Gasteiger partial charge in [-0.1, -0.05) is 69.3 Å². The molecule has 1 aliphatic rings. The molecule has 0 radical (unpaired) electrons. The quantitative estimate of drug-likeness (QED) is 0.579. The van der Waals surface area contributed by atoms with E-state index in [2.05, 4.69) is 22.8 Å². The first-order valence-electron chi connectivity index (χ1n) is 10.8. The van der Waals surface area contributed by atoms with E-state index in [1.54, 1.807) is 20.8 Å². The number of rotatable bonds is 8. The summed E-state index contributed by atoms with van der Waals surface area (Å²) in [5, 5.41) is 14.6. The topological polar surface area (TPSA) is 105 Å². The summed E-state index contributed by atoms with van der Waals surface area (Å²) in [5.74, 6) is -2.03. The Kier molecular flexibility index (Phi) is 6.87. The molecular formula is C25H30N2O5. The lowest BCUT2D eigenvalue weighted by Crippen LogP contribution is -2.58. The van der Waals surface area contributed by atoms with Crippen LogP contribution >= 0.6 is 0 Å². The second-order valence-electron chi connectivity index (χ2n) is 8.67. The third kappa shape index (κ3) is 4.61. The van der Waals surface area contributed by atoms with Crippen LogP contribution in [0.15, 0.2) is 48.5 Å². The molecule has 0 aromatic heterocycles. The van der Waals surface area contributed by atoms with E-state index >= 15 is 0 Å². The Labute approximate surface area is 188 Å². The number of carbonyl (C=O) groups is 3. The highest BCUT2D eigenvalue weighted by atomic mass is 16.5. The molecule has 0 saturated heterocycles. The van der Waals surface area contributed by atoms with E-state index in [4.69, 9.17) is 4.74 Å². The Bertz CT molecular complexity index is 973. The van der Waals surface area contributed by atoms with Gasteiger partial charge in [0.2, 0.25) is 5.91 Å². The van der Waals surface area contributed by atoms with Gasteiger partial charge in [-0.15, -0.1) is 0 Å². The van der Waals surface area contributed by atoms with Crippen LogP contribution in [0.3, 0.4) is 0 Å². The van der Waals surface area contributed by atoms with E-state index in [1.807, 2.05) is 36.4 Å². The molecule has 170 valence electrons. The largest absolute Gasteiger partial charge is 0.480 e. The second-order valence-corrected chi connectivity index (χ2v) is 8.67. The van der Waals surface area contributed by atoms with Gasteiger partial charge in [-0.05, 0) is 41.5 Å². The maximum Gasteiger partial charge on any atom is 0.407 e. The standard InChI is InChI=1S/C25H30N2O5/c1-5-25(4,23(29)30)27-22(28)21(15(2)3)26-24(31)32-14-20-18-12-8-6-10-16(18)17-11-7-9-13-19(17)20/h6-13,15,20-21H,5,14H2,1-4H3,(H,26,31)(H,27,28)(H,29,30). The molecular weight excluding hydrogens is 408 g/mol. The van der Waals surface area contributed by atoms with Crippen molar-refractivity contribution in [3.63, 3.8) is 0 Å².